The van der Waals surface area contributed by atoms with Crippen LogP contribution in [0.4, 0.5) is 0 Å². The Morgan fingerprint density at radius 3 is 2.55 bits per heavy atom. The highest BCUT2D eigenvalue weighted by atomic mass is 15.3. The highest BCUT2D eigenvalue weighted by Crippen LogP contribution is 2.41. The van der Waals surface area contributed by atoms with Crippen molar-refractivity contribution in [3.05, 3.63) is 11.6 Å². The summed E-state index contributed by atoms with van der Waals surface area (Å²) in [5.41, 5.74) is 0.268. The molecule has 3 rings (SSSR count). The van der Waals surface area contributed by atoms with E-state index in [0.717, 1.165) is 12.4 Å². The van der Waals surface area contributed by atoms with Gasteiger partial charge < -0.3 is 9.88 Å². The standard InChI is InChI=1S/C16H28N4/c1-12-18-19-15(14-16(2,3)10-7-11-17-14)20(12)13-8-5-4-6-9-13/h13-14,17H,4-11H2,1-3H3. The van der Waals surface area contributed by atoms with E-state index in [-0.39, 0.29) is 5.41 Å². The molecule has 1 aliphatic heterocycles. The summed E-state index contributed by atoms with van der Waals surface area (Å²) in [6, 6.07) is 0.965. The molecule has 20 heavy (non-hydrogen) atoms. The van der Waals surface area contributed by atoms with Crippen molar-refractivity contribution in [2.24, 2.45) is 5.41 Å². The van der Waals surface area contributed by atoms with E-state index in [9.17, 15) is 0 Å². The van der Waals surface area contributed by atoms with Crippen molar-refractivity contribution in [1.82, 2.24) is 20.1 Å². The van der Waals surface area contributed by atoms with Crippen molar-refractivity contribution in [2.45, 2.75) is 77.8 Å². The van der Waals surface area contributed by atoms with Gasteiger partial charge in [-0.1, -0.05) is 33.1 Å². The Labute approximate surface area is 122 Å². The van der Waals surface area contributed by atoms with Crippen LogP contribution in [-0.2, 0) is 0 Å². The lowest BCUT2D eigenvalue weighted by Crippen LogP contribution is -2.41. The van der Waals surface area contributed by atoms with Gasteiger partial charge in [-0.3, -0.25) is 0 Å². The topological polar surface area (TPSA) is 42.7 Å². The van der Waals surface area contributed by atoms with Crippen molar-refractivity contribution >= 4 is 0 Å². The quantitative estimate of drug-likeness (QED) is 0.898. The van der Waals surface area contributed by atoms with Crippen LogP contribution in [0.1, 0.15) is 82.5 Å². The minimum Gasteiger partial charge on any atom is -0.311 e. The molecule has 1 aromatic rings. The Kier molecular flexibility index (Phi) is 3.85. The zero-order valence-corrected chi connectivity index (χ0v) is 13.2. The molecule has 1 aromatic heterocycles. The normalized spacial score (nSPS) is 27.6. The number of piperidine rings is 1. The van der Waals surface area contributed by atoms with Gasteiger partial charge in [0.05, 0.1) is 6.04 Å². The van der Waals surface area contributed by atoms with Gasteiger partial charge in [-0.25, -0.2) is 0 Å². The molecule has 0 aromatic carbocycles. The van der Waals surface area contributed by atoms with Gasteiger partial charge in [0.25, 0.3) is 0 Å². The van der Waals surface area contributed by atoms with E-state index in [1.54, 1.807) is 0 Å². The van der Waals surface area contributed by atoms with Crippen LogP contribution in [0.15, 0.2) is 0 Å². The lowest BCUT2D eigenvalue weighted by Gasteiger charge is -2.39. The summed E-state index contributed by atoms with van der Waals surface area (Å²) >= 11 is 0. The maximum atomic E-state index is 4.56. The third kappa shape index (κ3) is 2.50. The van der Waals surface area contributed by atoms with Crippen LogP contribution >= 0.6 is 0 Å². The first kappa shape index (κ1) is 14.1. The molecule has 112 valence electrons. The highest BCUT2D eigenvalue weighted by molar-refractivity contribution is 5.08. The summed E-state index contributed by atoms with van der Waals surface area (Å²) in [4.78, 5) is 0. The van der Waals surface area contributed by atoms with E-state index >= 15 is 0 Å². The van der Waals surface area contributed by atoms with Gasteiger partial charge in [0.1, 0.15) is 5.82 Å². The first-order valence-electron chi connectivity index (χ1n) is 8.24. The van der Waals surface area contributed by atoms with Crippen molar-refractivity contribution in [3.8, 4) is 0 Å². The van der Waals surface area contributed by atoms with E-state index < -0.39 is 0 Å². The number of hydrogen-bond acceptors (Lipinski definition) is 3. The van der Waals surface area contributed by atoms with E-state index in [0.29, 0.717) is 12.1 Å². The summed E-state index contributed by atoms with van der Waals surface area (Å²) in [7, 11) is 0. The van der Waals surface area contributed by atoms with Gasteiger partial charge in [-0.2, -0.15) is 0 Å². The molecule has 0 radical (unpaired) electrons. The molecule has 0 bridgehead atoms. The fourth-order valence-electron chi connectivity index (χ4n) is 4.02. The van der Waals surface area contributed by atoms with E-state index in [4.69, 9.17) is 0 Å². The molecule has 1 saturated heterocycles. The van der Waals surface area contributed by atoms with Crippen molar-refractivity contribution in [1.29, 1.82) is 0 Å². The van der Waals surface area contributed by atoms with Crippen LogP contribution in [-0.4, -0.2) is 21.3 Å². The fraction of sp³-hybridized carbons (Fsp3) is 0.875. The summed E-state index contributed by atoms with van der Waals surface area (Å²) in [5, 5.41) is 12.7. The SMILES string of the molecule is Cc1nnc(C2NCCCC2(C)C)n1C1CCCCC1. The molecule has 1 saturated carbocycles. The van der Waals surface area contributed by atoms with Gasteiger partial charge in [0.15, 0.2) is 5.82 Å². The number of rotatable bonds is 2. The number of nitrogens with zero attached hydrogens (tertiary/aromatic N) is 3. The smallest absolute Gasteiger partial charge is 0.151 e. The molecule has 4 heteroatoms. The molecule has 2 heterocycles. The minimum atomic E-state index is 0.268. The molecule has 0 spiro atoms. The van der Waals surface area contributed by atoms with Gasteiger partial charge >= 0.3 is 0 Å². The molecule has 1 aliphatic carbocycles. The molecular weight excluding hydrogens is 248 g/mol. The molecule has 0 amide bonds. The minimum absolute atomic E-state index is 0.268. The lowest BCUT2D eigenvalue weighted by molar-refractivity contribution is 0.165. The average molecular weight is 276 g/mol. The van der Waals surface area contributed by atoms with Crippen LogP contribution in [0.3, 0.4) is 0 Å². The summed E-state index contributed by atoms with van der Waals surface area (Å²) < 4.78 is 2.45. The third-order valence-electron chi connectivity index (χ3n) is 5.22. The lowest BCUT2D eigenvalue weighted by atomic mass is 9.77. The second-order valence-electron chi connectivity index (χ2n) is 7.25. The zero-order chi connectivity index (χ0) is 14.2. The van der Waals surface area contributed by atoms with E-state index in [1.165, 1.54) is 50.8 Å². The van der Waals surface area contributed by atoms with Gasteiger partial charge in [0.2, 0.25) is 0 Å². The van der Waals surface area contributed by atoms with E-state index in [2.05, 4.69) is 40.9 Å². The van der Waals surface area contributed by atoms with Crippen LogP contribution in [0.2, 0.25) is 0 Å². The number of hydrogen-bond donors (Lipinski definition) is 1. The van der Waals surface area contributed by atoms with Crippen molar-refractivity contribution in [2.75, 3.05) is 6.54 Å². The maximum Gasteiger partial charge on any atom is 0.151 e. The Morgan fingerprint density at radius 1 is 1.10 bits per heavy atom. The molecule has 2 fully saturated rings. The number of aromatic nitrogens is 3. The van der Waals surface area contributed by atoms with Crippen LogP contribution in [0.5, 0.6) is 0 Å². The predicted molar refractivity (Wildman–Crippen MR) is 80.6 cm³/mol. The number of aryl methyl sites for hydroxylation is 1. The monoisotopic (exact) mass is 276 g/mol. The fourth-order valence-corrected chi connectivity index (χ4v) is 4.02. The maximum absolute atomic E-state index is 4.56. The number of nitrogens with one attached hydrogen (secondary N) is 1. The second-order valence-corrected chi connectivity index (χ2v) is 7.25. The van der Waals surface area contributed by atoms with Crippen LogP contribution < -0.4 is 5.32 Å². The predicted octanol–water partition coefficient (Wildman–Crippen LogP) is 3.54. The van der Waals surface area contributed by atoms with Gasteiger partial charge in [0, 0.05) is 6.04 Å². The molecule has 1 N–H and O–H groups in total. The summed E-state index contributed by atoms with van der Waals surface area (Å²) in [6.07, 6.45) is 9.20. The van der Waals surface area contributed by atoms with Gasteiger partial charge in [-0.15, -0.1) is 10.2 Å². The Hall–Kier alpha value is -0.900. The van der Waals surface area contributed by atoms with Crippen LogP contribution in [0, 0.1) is 12.3 Å². The van der Waals surface area contributed by atoms with Crippen molar-refractivity contribution in [3.63, 3.8) is 0 Å². The molecular formula is C16H28N4. The Balaban J connectivity index is 1.93. The second kappa shape index (κ2) is 5.47. The third-order valence-corrected chi connectivity index (χ3v) is 5.22. The molecule has 1 unspecified atom stereocenters. The Bertz CT molecular complexity index is 457. The Morgan fingerprint density at radius 2 is 1.85 bits per heavy atom. The first-order chi connectivity index (χ1) is 9.59. The van der Waals surface area contributed by atoms with E-state index in [1.807, 2.05) is 0 Å². The molecule has 1 atom stereocenters. The van der Waals surface area contributed by atoms with Gasteiger partial charge in [-0.05, 0) is 44.6 Å². The zero-order valence-electron chi connectivity index (χ0n) is 13.2. The molecule has 4 nitrogen and oxygen atoms in total. The highest BCUT2D eigenvalue weighted by Gasteiger charge is 2.37. The first-order valence-corrected chi connectivity index (χ1v) is 8.24. The average Bonchev–Trinajstić information content (AvgIpc) is 2.81. The largest absolute Gasteiger partial charge is 0.311 e. The summed E-state index contributed by atoms with van der Waals surface area (Å²) in [5.74, 6) is 2.27. The molecule has 2 aliphatic rings. The summed E-state index contributed by atoms with van der Waals surface area (Å²) in [6.45, 7) is 7.93. The van der Waals surface area contributed by atoms with Crippen molar-refractivity contribution < 1.29 is 0 Å². The van der Waals surface area contributed by atoms with Crippen LogP contribution in [0.25, 0.3) is 0 Å².